The Kier molecular flexibility index (Phi) is 48.0. The number of carbonyl (C=O) groups excluding carboxylic acids is 7. The van der Waals surface area contributed by atoms with Crippen molar-refractivity contribution < 1.29 is 97.2 Å². The molecule has 0 rings (SSSR count). The zero-order valence-electron chi connectivity index (χ0n) is 48.2. The van der Waals surface area contributed by atoms with E-state index in [1.165, 1.54) is 32.1 Å². The number of hydrogen-bond acceptors (Lipinski definition) is 16. The Balaban J connectivity index is 3.99. The molecule has 0 aromatic carbocycles. The molecule has 0 unspecified atom stereocenters. The second-order valence-corrected chi connectivity index (χ2v) is 20.4. The average Bonchev–Trinajstić information content (AvgIpc) is 3.42. The summed E-state index contributed by atoms with van der Waals surface area (Å²) in [5.41, 5.74) is 0. The van der Waals surface area contributed by atoms with E-state index in [1.54, 1.807) is 0 Å². The zero-order valence-corrected chi connectivity index (χ0v) is 48.2. The van der Waals surface area contributed by atoms with Gasteiger partial charge in [0.1, 0.15) is 37.7 Å². The molecular weight excluding hydrogens is 1060 g/mol. The van der Waals surface area contributed by atoms with Crippen molar-refractivity contribution in [2.75, 3.05) is 72.6 Å². The lowest BCUT2D eigenvalue weighted by molar-refractivity contribution is -0.145. The maximum atomic E-state index is 12.5. The van der Waals surface area contributed by atoms with Crippen LogP contribution in [0.3, 0.4) is 0 Å². The highest BCUT2D eigenvalue weighted by Crippen LogP contribution is 2.17. The lowest BCUT2D eigenvalue weighted by atomic mass is 9.93. The first-order valence-electron chi connectivity index (χ1n) is 29.4. The fraction of sp³-hybridized carbons (Fsp3) is 0.807. The number of aliphatic hydroxyl groups is 1. The van der Waals surface area contributed by atoms with Crippen molar-refractivity contribution in [3.63, 3.8) is 0 Å². The number of rotatable bonds is 59. The number of Topliss-reactive ketones (excluding diaryl/α,β-unsaturated/α-hetero) is 3. The van der Waals surface area contributed by atoms with Gasteiger partial charge >= 0.3 is 23.9 Å². The van der Waals surface area contributed by atoms with Crippen molar-refractivity contribution in [2.45, 2.75) is 212 Å². The van der Waals surface area contributed by atoms with Gasteiger partial charge in [0, 0.05) is 70.6 Å². The fourth-order valence-corrected chi connectivity index (χ4v) is 8.64. The predicted molar refractivity (Wildman–Crippen MR) is 297 cm³/mol. The Hall–Kier alpha value is -5.43. The molecule has 0 aliphatic heterocycles. The third kappa shape index (κ3) is 46.8. The molecule has 0 aromatic rings. The van der Waals surface area contributed by atoms with Crippen LogP contribution in [0.2, 0.25) is 0 Å². The van der Waals surface area contributed by atoms with Crippen LogP contribution in [-0.2, 0) is 71.7 Å². The van der Waals surface area contributed by atoms with Gasteiger partial charge in [-0.25, -0.2) is 9.59 Å². The van der Waals surface area contributed by atoms with Crippen LogP contribution in [0.4, 0.5) is 0 Å². The third-order valence-corrected chi connectivity index (χ3v) is 13.3. The van der Waals surface area contributed by atoms with E-state index in [1.807, 2.05) is 6.92 Å². The molecule has 9 N–H and O–H groups in total. The van der Waals surface area contributed by atoms with Gasteiger partial charge in [-0.05, 0) is 57.8 Å². The topological polar surface area (TPSA) is 374 Å². The van der Waals surface area contributed by atoms with Crippen LogP contribution in [-0.4, -0.2) is 175 Å². The first-order chi connectivity index (χ1) is 38.9. The fourth-order valence-electron chi connectivity index (χ4n) is 8.64. The lowest BCUT2D eigenvalue weighted by Gasteiger charge is -2.16. The number of amides is 4. The summed E-state index contributed by atoms with van der Waals surface area (Å²) >= 11 is 0. The van der Waals surface area contributed by atoms with Gasteiger partial charge in [0.15, 0.2) is 11.6 Å². The highest BCUT2D eigenvalue weighted by atomic mass is 16.5. The van der Waals surface area contributed by atoms with Gasteiger partial charge in [-0.15, -0.1) is 0 Å². The summed E-state index contributed by atoms with van der Waals surface area (Å²) in [4.78, 5) is 132. The highest BCUT2D eigenvalue weighted by Gasteiger charge is 2.26. The largest absolute Gasteiger partial charge is 0.481 e. The summed E-state index contributed by atoms with van der Waals surface area (Å²) in [5.74, 6) is -8.86. The van der Waals surface area contributed by atoms with Crippen molar-refractivity contribution >= 4 is 64.9 Å². The van der Waals surface area contributed by atoms with Crippen LogP contribution in [0.25, 0.3) is 0 Å². The predicted octanol–water partition coefficient (Wildman–Crippen LogP) is 5.25. The summed E-state index contributed by atoms with van der Waals surface area (Å²) in [5, 5.41) is 56.7. The molecular formula is C57H98N4O20. The molecule has 0 spiro atoms. The Bertz CT molecular complexity index is 1820. The minimum Gasteiger partial charge on any atom is -0.481 e. The van der Waals surface area contributed by atoms with Gasteiger partial charge in [-0.2, -0.15) is 0 Å². The summed E-state index contributed by atoms with van der Waals surface area (Å²) in [6.45, 7) is 2.02. The van der Waals surface area contributed by atoms with Gasteiger partial charge in [-0.1, -0.05) is 96.8 Å². The van der Waals surface area contributed by atoms with Crippen molar-refractivity contribution in [3.8, 4) is 0 Å². The quantitative estimate of drug-likeness (QED) is 0.0351. The molecule has 0 saturated heterocycles. The summed E-state index contributed by atoms with van der Waals surface area (Å²) in [7, 11) is 0. The number of carboxylic acids is 4. The number of nitrogens with one attached hydrogen (secondary N) is 4. The second kappa shape index (κ2) is 51.5. The summed E-state index contributed by atoms with van der Waals surface area (Å²) < 4.78 is 21.4. The molecule has 0 aromatic heterocycles. The smallest absolute Gasteiger partial charge is 0.326 e. The standard InChI is InChI=1S/C57H98N4O20/c1-2-20-43(49(65)40-62)21-17-18-31-58-50(66)30-28-48(57(76)77)61-52(68)29-25-44(55(72)73)39-46(64)41-80-37-36-79-34-32-59-53(69)42-81-38-35-78-33-19-22-45(63)26-27-47(56(74)75)60-51(67)23-15-13-11-9-7-5-3-4-6-8-10-12-14-16-24-54(70)71/h43-44,47-48,62H,2-42H2,1H3,(H,58,66)(H,59,69)(H,60,67)(H,61,68)(H,70,71)(H,72,73)(H,74,75)(H,76,77)/t43-,44+,47-,48-/m0/s1. The number of carbonyl (C=O) groups is 11. The van der Waals surface area contributed by atoms with Crippen molar-refractivity contribution in [1.29, 1.82) is 0 Å². The second-order valence-electron chi connectivity index (χ2n) is 20.4. The van der Waals surface area contributed by atoms with E-state index in [0.29, 0.717) is 45.1 Å². The Morgan fingerprint density at radius 2 is 0.877 bits per heavy atom. The Morgan fingerprint density at radius 3 is 1.42 bits per heavy atom. The first-order valence-corrected chi connectivity index (χ1v) is 29.4. The molecule has 4 atom stereocenters. The van der Waals surface area contributed by atoms with Crippen LogP contribution < -0.4 is 21.3 Å². The van der Waals surface area contributed by atoms with Gasteiger partial charge < -0.3 is 65.7 Å². The van der Waals surface area contributed by atoms with E-state index in [0.717, 1.165) is 57.8 Å². The van der Waals surface area contributed by atoms with E-state index in [9.17, 15) is 68.1 Å². The number of aliphatic hydroxyl groups excluding tert-OH is 1. The number of ether oxygens (including phenoxy) is 4. The van der Waals surface area contributed by atoms with Crippen LogP contribution in [0.1, 0.15) is 200 Å². The van der Waals surface area contributed by atoms with Gasteiger partial charge in [0.05, 0.1) is 39.0 Å². The average molecular weight is 1160 g/mol. The maximum absolute atomic E-state index is 12.5. The van der Waals surface area contributed by atoms with E-state index in [2.05, 4.69) is 21.3 Å². The number of unbranched alkanes of at least 4 members (excludes halogenated alkanes) is 14. The van der Waals surface area contributed by atoms with Crippen LogP contribution in [0, 0.1) is 11.8 Å². The Labute approximate surface area is 478 Å². The lowest BCUT2D eigenvalue weighted by Crippen LogP contribution is -2.42. The molecule has 81 heavy (non-hydrogen) atoms. The number of ketones is 3. The zero-order chi connectivity index (χ0) is 60.3. The first kappa shape index (κ1) is 75.6. The minimum absolute atomic E-state index is 0.00171. The van der Waals surface area contributed by atoms with E-state index < -0.39 is 85.0 Å². The molecule has 0 aliphatic carbocycles. The van der Waals surface area contributed by atoms with E-state index in [4.69, 9.17) is 29.2 Å². The van der Waals surface area contributed by atoms with Crippen LogP contribution in [0.15, 0.2) is 0 Å². The Morgan fingerprint density at radius 1 is 0.383 bits per heavy atom. The van der Waals surface area contributed by atoms with Crippen molar-refractivity contribution in [2.24, 2.45) is 11.8 Å². The summed E-state index contributed by atoms with van der Waals surface area (Å²) in [6, 6.07) is -2.54. The van der Waals surface area contributed by atoms with Crippen LogP contribution >= 0.6 is 0 Å². The molecule has 24 nitrogen and oxygen atoms in total. The number of aliphatic carboxylic acids is 4. The molecule has 0 heterocycles. The third-order valence-electron chi connectivity index (χ3n) is 13.3. The van der Waals surface area contributed by atoms with Crippen molar-refractivity contribution in [3.05, 3.63) is 0 Å². The van der Waals surface area contributed by atoms with Gasteiger partial charge in [0.2, 0.25) is 23.6 Å². The normalized spacial score (nSPS) is 12.6. The molecule has 0 radical (unpaired) electrons. The highest BCUT2D eigenvalue weighted by molar-refractivity contribution is 5.87. The molecule has 0 bridgehead atoms. The molecule has 0 aliphatic rings. The molecule has 4 amide bonds. The van der Waals surface area contributed by atoms with E-state index in [-0.39, 0.29) is 134 Å². The van der Waals surface area contributed by atoms with Gasteiger partial charge in [-0.3, -0.25) is 43.2 Å². The van der Waals surface area contributed by atoms with Gasteiger partial charge in [0.25, 0.3) is 0 Å². The number of carboxylic acid groups (broad SMARTS) is 4. The monoisotopic (exact) mass is 1160 g/mol. The number of hydrogen-bond donors (Lipinski definition) is 9. The SMILES string of the molecule is CCC[C@@H](CCCCNC(=O)CC[C@H](NC(=O)CC[C@H](CC(=O)COCCOCCNC(=O)COCCOCCCC(=O)CC[C@H](NC(=O)CCCCCCCCCCCCCCCCC(=O)O)C(=O)O)C(=O)O)C(=O)O)C(=O)CO. The van der Waals surface area contributed by atoms with Crippen molar-refractivity contribution in [1.82, 2.24) is 21.3 Å². The summed E-state index contributed by atoms with van der Waals surface area (Å²) in [6.07, 6.45) is 17.8. The molecule has 0 fully saturated rings. The molecule has 24 heteroatoms. The molecule has 466 valence electrons. The van der Waals surface area contributed by atoms with E-state index >= 15 is 0 Å². The minimum atomic E-state index is -1.40. The maximum Gasteiger partial charge on any atom is 0.326 e. The molecule has 0 saturated carbocycles. The van der Waals surface area contributed by atoms with Crippen LogP contribution in [0.5, 0.6) is 0 Å².